The van der Waals surface area contributed by atoms with Gasteiger partial charge in [-0.05, 0) is 36.6 Å². The maximum atomic E-state index is 12.5. The van der Waals surface area contributed by atoms with Gasteiger partial charge in [-0.1, -0.05) is 50.0 Å². The third-order valence-corrected chi connectivity index (χ3v) is 4.85. The van der Waals surface area contributed by atoms with E-state index >= 15 is 0 Å². The van der Waals surface area contributed by atoms with Gasteiger partial charge >= 0.3 is 0 Å². The molecule has 1 aliphatic rings. The predicted molar refractivity (Wildman–Crippen MR) is 93.9 cm³/mol. The Labute approximate surface area is 141 Å². The van der Waals surface area contributed by atoms with Gasteiger partial charge in [0.15, 0.2) is 5.78 Å². The molecule has 0 saturated heterocycles. The highest BCUT2D eigenvalue weighted by atomic mass is 79.9. The highest BCUT2D eigenvalue weighted by Gasteiger charge is 2.32. The lowest BCUT2D eigenvalue weighted by molar-refractivity contribution is -0.125. The molecular weight excluding hydrogens is 342 g/mol. The Kier molecular flexibility index (Phi) is 5.10. The van der Waals surface area contributed by atoms with Gasteiger partial charge in [0.25, 0.3) is 0 Å². The van der Waals surface area contributed by atoms with Gasteiger partial charge in [-0.25, -0.2) is 0 Å². The summed E-state index contributed by atoms with van der Waals surface area (Å²) in [6, 6.07) is 5.72. The van der Waals surface area contributed by atoms with Crippen LogP contribution < -0.4 is 4.90 Å². The molecule has 0 N–H and O–H groups in total. The van der Waals surface area contributed by atoms with E-state index in [4.69, 9.17) is 0 Å². The number of hydrogen-bond acceptors (Lipinski definition) is 2. The van der Waals surface area contributed by atoms with Crippen molar-refractivity contribution in [2.45, 2.75) is 51.8 Å². The predicted octanol–water partition coefficient (Wildman–Crippen LogP) is 4.37. The van der Waals surface area contributed by atoms with Crippen LogP contribution in [0.1, 0.15) is 56.5 Å². The van der Waals surface area contributed by atoms with E-state index in [0.29, 0.717) is 6.54 Å². The first-order valence-electron chi connectivity index (χ1n) is 7.89. The summed E-state index contributed by atoms with van der Waals surface area (Å²) in [5, 5.41) is 0. The molecule has 0 bridgehead atoms. The highest BCUT2D eigenvalue weighted by molar-refractivity contribution is 9.10. The monoisotopic (exact) mass is 365 g/mol. The minimum atomic E-state index is -0.391. The van der Waals surface area contributed by atoms with E-state index < -0.39 is 5.41 Å². The Balaban J connectivity index is 2.24. The standard InChI is InChI=1S/C18H24BrNO2/c1-5-6-14(19)16(21)13-7-8-15-12(11-13)9-10-20(15)17(22)18(2,3)4/h7-8,11,14H,5-6,9-10H2,1-4H3. The zero-order valence-corrected chi connectivity index (χ0v) is 15.4. The maximum Gasteiger partial charge on any atom is 0.232 e. The van der Waals surface area contributed by atoms with Crippen LogP contribution in [0.3, 0.4) is 0 Å². The fourth-order valence-corrected chi connectivity index (χ4v) is 3.46. The van der Waals surface area contributed by atoms with Crippen molar-refractivity contribution in [2.24, 2.45) is 5.41 Å². The summed E-state index contributed by atoms with van der Waals surface area (Å²) in [6.45, 7) is 8.58. The Hall–Kier alpha value is -1.16. The lowest BCUT2D eigenvalue weighted by atomic mass is 9.94. The molecule has 22 heavy (non-hydrogen) atoms. The second-order valence-electron chi connectivity index (χ2n) is 6.92. The molecule has 1 heterocycles. The van der Waals surface area contributed by atoms with E-state index in [1.54, 1.807) is 0 Å². The summed E-state index contributed by atoms with van der Waals surface area (Å²) in [7, 11) is 0. The molecule has 120 valence electrons. The fourth-order valence-electron chi connectivity index (χ4n) is 2.74. The first-order valence-corrected chi connectivity index (χ1v) is 8.80. The summed E-state index contributed by atoms with van der Waals surface area (Å²) < 4.78 is 0. The van der Waals surface area contributed by atoms with Crippen molar-refractivity contribution in [3.8, 4) is 0 Å². The molecule has 0 aromatic heterocycles. The van der Waals surface area contributed by atoms with E-state index in [0.717, 1.165) is 36.1 Å². The average molecular weight is 366 g/mol. The molecule has 0 spiro atoms. The Bertz CT molecular complexity index is 589. The van der Waals surface area contributed by atoms with Crippen LogP contribution in [-0.2, 0) is 11.2 Å². The summed E-state index contributed by atoms with van der Waals surface area (Å²) in [5.74, 6) is 0.264. The van der Waals surface area contributed by atoms with Crippen molar-refractivity contribution in [3.05, 3.63) is 29.3 Å². The number of ketones is 1. The van der Waals surface area contributed by atoms with Crippen LogP contribution >= 0.6 is 15.9 Å². The first kappa shape index (κ1) is 17.2. The van der Waals surface area contributed by atoms with Gasteiger partial charge in [0.05, 0.1) is 4.83 Å². The third-order valence-electron chi connectivity index (χ3n) is 3.97. The summed E-state index contributed by atoms with van der Waals surface area (Å²) >= 11 is 3.47. The number of alkyl halides is 1. The molecule has 1 aromatic rings. The lowest BCUT2D eigenvalue weighted by Gasteiger charge is -2.26. The zero-order chi connectivity index (χ0) is 16.5. The second kappa shape index (κ2) is 6.53. The number of carbonyl (C=O) groups is 2. The van der Waals surface area contributed by atoms with Gasteiger partial charge in [-0.2, -0.15) is 0 Å². The minimum Gasteiger partial charge on any atom is -0.311 e. The van der Waals surface area contributed by atoms with Gasteiger partial charge < -0.3 is 4.90 Å². The number of anilines is 1. The van der Waals surface area contributed by atoms with Crippen molar-refractivity contribution in [2.75, 3.05) is 11.4 Å². The van der Waals surface area contributed by atoms with Gasteiger partial charge in [-0.15, -0.1) is 0 Å². The minimum absolute atomic E-state index is 0.121. The van der Waals surface area contributed by atoms with E-state index in [2.05, 4.69) is 22.9 Å². The van der Waals surface area contributed by atoms with Crippen LogP contribution in [-0.4, -0.2) is 23.1 Å². The molecule has 0 radical (unpaired) electrons. The number of hydrogen-bond donors (Lipinski definition) is 0. The molecule has 0 fully saturated rings. The van der Waals surface area contributed by atoms with Gasteiger partial charge in [-0.3, -0.25) is 9.59 Å². The van der Waals surface area contributed by atoms with E-state index in [9.17, 15) is 9.59 Å². The smallest absolute Gasteiger partial charge is 0.232 e. The third kappa shape index (κ3) is 3.43. The van der Waals surface area contributed by atoms with Crippen molar-refractivity contribution in [1.82, 2.24) is 0 Å². The van der Waals surface area contributed by atoms with Gasteiger partial charge in [0.2, 0.25) is 5.91 Å². The molecule has 4 heteroatoms. The Morgan fingerprint density at radius 2 is 2.00 bits per heavy atom. The Morgan fingerprint density at radius 1 is 1.32 bits per heavy atom. The number of carbonyl (C=O) groups excluding carboxylic acids is 2. The van der Waals surface area contributed by atoms with Crippen molar-refractivity contribution < 1.29 is 9.59 Å². The number of rotatable bonds is 4. The van der Waals surface area contributed by atoms with Crippen LogP contribution in [0.2, 0.25) is 0 Å². The normalized spacial score (nSPS) is 15.6. The highest BCUT2D eigenvalue weighted by Crippen LogP contribution is 2.33. The number of halogens is 1. The zero-order valence-electron chi connectivity index (χ0n) is 13.8. The van der Waals surface area contributed by atoms with Gasteiger partial charge in [0, 0.05) is 23.2 Å². The summed E-state index contributed by atoms with van der Waals surface area (Å²) in [5.41, 5.74) is 2.40. The average Bonchev–Trinajstić information content (AvgIpc) is 2.87. The number of fused-ring (bicyclic) bond motifs is 1. The summed E-state index contributed by atoms with van der Waals surface area (Å²) in [4.78, 5) is 26.6. The van der Waals surface area contributed by atoms with Gasteiger partial charge in [0.1, 0.15) is 0 Å². The van der Waals surface area contributed by atoms with Crippen molar-refractivity contribution in [1.29, 1.82) is 0 Å². The molecule has 1 aliphatic heterocycles. The number of nitrogens with zero attached hydrogens (tertiary/aromatic N) is 1. The molecule has 3 nitrogen and oxygen atoms in total. The SMILES string of the molecule is CCCC(Br)C(=O)c1ccc2c(c1)CCN2C(=O)C(C)(C)C. The van der Waals surface area contributed by atoms with E-state index in [1.165, 1.54) is 0 Å². The molecule has 1 unspecified atom stereocenters. The lowest BCUT2D eigenvalue weighted by Crippen LogP contribution is -2.38. The molecule has 0 saturated carbocycles. The number of benzene rings is 1. The number of Topliss-reactive ketones (excluding diaryl/α,β-unsaturated/α-hetero) is 1. The summed E-state index contributed by atoms with van der Waals surface area (Å²) in [6.07, 6.45) is 2.63. The van der Waals surface area contributed by atoms with Crippen LogP contribution in [0.25, 0.3) is 0 Å². The van der Waals surface area contributed by atoms with Crippen LogP contribution in [0.15, 0.2) is 18.2 Å². The van der Waals surface area contributed by atoms with E-state index in [-0.39, 0.29) is 16.5 Å². The first-order chi connectivity index (χ1) is 10.3. The Morgan fingerprint density at radius 3 is 2.59 bits per heavy atom. The topological polar surface area (TPSA) is 37.4 Å². The van der Waals surface area contributed by atoms with Crippen molar-refractivity contribution >= 4 is 33.3 Å². The fraction of sp³-hybridized carbons (Fsp3) is 0.556. The van der Waals surface area contributed by atoms with Crippen LogP contribution in [0.5, 0.6) is 0 Å². The molecule has 1 amide bonds. The molecule has 1 atom stereocenters. The molecule has 2 rings (SSSR count). The van der Waals surface area contributed by atoms with Crippen molar-refractivity contribution in [3.63, 3.8) is 0 Å². The largest absolute Gasteiger partial charge is 0.311 e. The quantitative estimate of drug-likeness (QED) is 0.586. The van der Waals surface area contributed by atoms with E-state index in [1.807, 2.05) is 43.9 Å². The number of amides is 1. The van der Waals surface area contributed by atoms with Crippen LogP contribution in [0, 0.1) is 5.41 Å². The molecule has 1 aromatic carbocycles. The second-order valence-corrected chi connectivity index (χ2v) is 8.03. The maximum absolute atomic E-state index is 12.5. The molecule has 0 aliphatic carbocycles. The molecular formula is C18H24BrNO2. The van der Waals surface area contributed by atoms with Crippen LogP contribution in [0.4, 0.5) is 5.69 Å².